The Kier molecular flexibility index (Phi) is 3.74. The lowest BCUT2D eigenvalue weighted by Crippen LogP contribution is -2.11. The van der Waals surface area contributed by atoms with Crippen LogP contribution in [0.2, 0.25) is 5.02 Å². The van der Waals surface area contributed by atoms with E-state index >= 15 is 0 Å². The summed E-state index contributed by atoms with van der Waals surface area (Å²) in [6.07, 6.45) is 0. The van der Waals surface area contributed by atoms with Gasteiger partial charge in [-0.25, -0.2) is 0 Å². The second-order valence-electron chi connectivity index (χ2n) is 3.26. The average molecular weight is 365 g/mol. The third-order valence-corrected chi connectivity index (χ3v) is 3.95. The van der Waals surface area contributed by atoms with E-state index in [0.29, 0.717) is 15.5 Å². The highest BCUT2D eigenvalue weighted by Gasteiger charge is 2.16. The molecule has 0 aliphatic rings. The summed E-state index contributed by atoms with van der Waals surface area (Å²) < 4.78 is 6.90. The molecule has 0 radical (unpaired) electrons. The van der Waals surface area contributed by atoms with Gasteiger partial charge in [0, 0.05) is 4.47 Å². The number of hydrogen-bond donors (Lipinski definition) is 1. The lowest BCUT2D eigenvalue weighted by molar-refractivity contribution is 0.470. The van der Waals surface area contributed by atoms with Gasteiger partial charge in [-0.2, -0.15) is 0 Å². The summed E-state index contributed by atoms with van der Waals surface area (Å²) >= 11 is 12.8. The molecular weight excluding hydrogens is 357 g/mol. The van der Waals surface area contributed by atoms with Gasteiger partial charge in [0.15, 0.2) is 4.67 Å². The third-order valence-electron chi connectivity index (χ3n) is 2.22. The first-order valence-corrected chi connectivity index (χ1v) is 6.50. The molecule has 0 bridgehead atoms. The Hall–Kier alpha value is -0.290. The van der Waals surface area contributed by atoms with Crippen molar-refractivity contribution in [2.45, 2.75) is 6.04 Å². The summed E-state index contributed by atoms with van der Waals surface area (Å²) in [4.78, 5) is 0. The molecule has 0 fully saturated rings. The molecule has 0 amide bonds. The fourth-order valence-corrected chi connectivity index (χ4v) is 2.35. The molecule has 5 heteroatoms. The first-order valence-electron chi connectivity index (χ1n) is 4.54. The van der Waals surface area contributed by atoms with Crippen molar-refractivity contribution in [3.8, 4) is 0 Å². The van der Waals surface area contributed by atoms with Crippen molar-refractivity contribution < 1.29 is 4.42 Å². The molecule has 1 atom stereocenters. The molecule has 0 saturated heterocycles. The van der Waals surface area contributed by atoms with Gasteiger partial charge in [-0.15, -0.1) is 0 Å². The van der Waals surface area contributed by atoms with Crippen molar-refractivity contribution in [1.82, 2.24) is 0 Å². The largest absolute Gasteiger partial charge is 0.452 e. The second-order valence-corrected chi connectivity index (χ2v) is 5.28. The van der Waals surface area contributed by atoms with Gasteiger partial charge in [0.1, 0.15) is 5.76 Å². The van der Waals surface area contributed by atoms with Crippen molar-refractivity contribution in [1.29, 1.82) is 0 Å². The van der Waals surface area contributed by atoms with Gasteiger partial charge in [0.25, 0.3) is 0 Å². The zero-order chi connectivity index (χ0) is 11.7. The van der Waals surface area contributed by atoms with Gasteiger partial charge in [-0.05, 0) is 55.6 Å². The van der Waals surface area contributed by atoms with Gasteiger partial charge in [0.2, 0.25) is 0 Å². The number of furan rings is 1. The summed E-state index contributed by atoms with van der Waals surface area (Å²) in [6.45, 7) is 0. The van der Waals surface area contributed by atoms with Crippen LogP contribution in [-0.4, -0.2) is 0 Å². The molecule has 1 heterocycles. The van der Waals surface area contributed by atoms with E-state index < -0.39 is 0 Å². The Bertz CT molecular complexity index is 512. The second kappa shape index (κ2) is 4.92. The Morgan fingerprint density at radius 3 is 2.56 bits per heavy atom. The minimum atomic E-state index is -0.365. The Labute approximate surface area is 115 Å². The maximum absolute atomic E-state index is 6.16. The monoisotopic (exact) mass is 363 g/mol. The van der Waals surface area contributed by atoms with Crippen LogP contribution in [0.1, 0.15) is 17.4 Å². The van der Waals surface area contributed by atoms with E-state index in [4.69, 9.17) is 21.8 Å². The van der Waals surface area contributed by atoms with E-state index in [1.807, 2.05) is 24.3 Å². The van der Waals surface area contributed by atoms with Crippen LogP contribution in [0.5, 0.6) is 0 Å². The lowest BCUT2D eigenvalue weighted by atomic mass is 10.1. The highest BCUT2D eigenvalue weighted by molar-refractivity contribution is 9.10. The van der Waals surface area contributed by atoms with Gasteiger partial charge in [-0.3, -0.25) is 0 Å². The minimum absolute atomic E-state index is 0.365. The van der Waals surface area contributed by atoms with Gasteiger partial charge < -0.3 is 10.2 Å². The van der Waals surface area contributed by atoms with E-state index in [1.165, 1.54) is 0 Å². The van der Waals surface area contributed by atoms with Gasteiger partial charge >= 0.3 is 0 Å². The van der Waals surface area contributed by atoms with Crippen LogP contribution in [0.4, 0.5) is 0 Å². The molecule has 0 aliphatic carbocycles. The fourth-order valence-electron chi connectivity index (χ4n) is 1.41. The maximum Gasteiger partial charge on any atom is 0.169 e. The molecule has 1 aromatic carbocycles. The molecular formula is C11H8Br2ClNO. The molecule has 2 N–H and O–H groups in total. The number of benzene rings is 1. The number of rotatable bonds is 2. The molecule has 2 nitrogen and oxygen atoms in total. The zero-order valence-corrected chi connectivity index (χ0v) is 12.0. The van der Waals surface area contributed by atoms with Crippen molar-refractivity contribution >= 4 is 43.5 Å². The summed E-state index contributed by atoms with van der Waals surface area (Å²) in [5, 5.41) is 0.613. The first kappa shape index (κ1) is 12.2. The highest BCUT2D eigenvalue weighted by Crippen LogP contribution is 2.33. The summed E-state index contributed by atoms with van der Waals surface area (Å²) in [5.74, 6) is 0.673. The third kappa shape index (κ3) is 2.35. The van der Waals surface area contributed by atoms with Crippen molar-refractivity contribution in [2.24, 2.45) is 5.73 Å². The summed E-state index contributed by atoms with van der Waals surface area (Å²) in [6, 6.07) is 8.91. The zero-order valence-electron chi connectivity index (χ0n) is 8.08. The Morgan fingerprint density at radius 1 is 1.19 bits per heavy atom. The van der Waals surface area contributed by atoms with Crippen LogP contribution in [0.25, 0.3) is 0 Å². The number of hydrogen-bond acceptors (Lipinski definition) is 2. The average Bonchev–Trinajstić information content (AvgIpc) is 2.68. The van der Waals surface area contributed by atoms with Gasteiger partial charge in [-0.1, -0.05) is 23.7 Å². The molecule has 0 aliphatic heterocycles. The smallest absolute Gasteiger partial charge is 0.169 e. The lowest BCUT2D eigenvalue weighted by Gasteiger charge is -2.11. The SMILES string of the molecule is NC(c1ccc(Br)o1)c1cccc(Br)c1Cl. The van der Waals surface area contributed by atoms with Crippen LogP contribution in [0, 0.1) is 0 Å². The molecule has 1 unspecified atom stereocenters. The topological polar surface area (TPSA) is 39.2 Å². The Balaban J connectivity index is 2.41. The highest BCUT2D eigenvalue weighted by atomic mass is 79.9. The molecule has 2 aromatic rings. The standard InChI is InChI=1S/C11H8Br2ClNO/c12-7-3-1-2-6(10(7)14)11(15)8-4-5-9(13)16-8/h1-5,11H,15H2. The van der Waals surface area contributed by atoms with Crippen LogP contribution in [0.15, 0.2) is 43.9 Å². The van der Waals surface area contributed by atoms with E-state index in [2.05, 4.69) is 31.9 Å². The van der Waals surface area contributed by atoms with Crippen molar-refractivity contribution in [3.63, 3.8) is 0 Å². The van der Waals surface area contributed by atoms with Crippen LogP contribution in [-0.2, 0) is 0 Å². The molecule has 1 aromatic heterocycles. The normalized spacial score (nSPS) is 12.8. The molecule has 2 rings (SSSR count). The molecule has 16 heavy (non-hydrogen) atoms. The van der Waals surface area contributed by atoms with E-state index in [0.717, 1.165) is 10.0 Å². The minimum Gasteiger partial charge on any atom is -0.452 e. The fraction of sp³-hybridized carbons (Fsp3) is 0.0909. The van der Waals surface area contributed by atoms with Crippen molar-refractivity contribution in [2.75, 3.05) is 0 Å². The number of nitrogens with two attached hydrogens (primary N) is 1. The predicted molar refractivity (Wildman–Crippen MR) is 71.6 cm³/mol. The molecule has 0 saturated carbocycles. The van der Waals surface area contributed by atoms with E-state index in [9.17, 15) is 0 Å². The van der Waals surface area contributed by atoms with Gasteiger partial charge in [0.05, 0.1) is 11.1 Å². The number of halogens is 3. The molecule has 84 valence electrons. The Morgan fingerprint density at radius 2 is 1.94 bits per heavy atom. The van der Waals surface area contributed by atoms with Crippen LogP contribution in [0.3, 0.4) is 0 Å². The van der Waals surface area contributed by atoms with Crippen LogP contribution < -0.4 is 5.73 Å². The quantitative estimate of drug-likeness (QED) is 0.851. The summed E-state index contributed by atoms with van der Waals surface area (Å²) in [5.41, 5.74) is 6.91. The summed E-state index contributed by atoms with van der Waals surface area (Å²) in [7, 11) is 0. The van der Waals surface area contributed by atoms with Crippen LogP contribution >= 0.6 is 43.5 Å². The predicted octanol–water partition coefficient (Wildman–Crippen LogP) is 4.51. The first-order chi connectivity index (χ1) is 7.59. The van der Waals surface area contributed by atoms with Crippen molar-refractivity contribution in [3.05, 3.63) is 55.8 Å². The van der Waals surface area contributed by atoms with E-state index in [-0.39, 0.29) is 6.04 Å². The maximum atomic E-state index is 6.16. The molecule has 0 spiro atoms. The van der Waals surface area contributed by atoms with E-state index in [1.54, 1.807) is 6.07 Å².